The summed E-state index contributed by atoms with van der Waals surface area (Å²) in [6.07, 6.45) is 3.76. The van der Waals surface area contributed by atoms with Crippen LogP contribution >= 0.6 is 0 Å². The van der Waals surface area contributed by atoms with Gasteiger partial charge >= 0.3 is 0 Å². The molecule has 1 aromatic rings. The fourth-order valence-electron chi connectivity index (χ4n) is 2.06. The third kappa shape index (κ3) is 5.60. The number of rotatable bonds is 8. The molecule has 1 aromatic carbocycles. The largest absolute Gasteiger partial charge is 0.493 e. The standard InChI is InChI=1S/C16H24FNO/c1-12(2)10-18-11-14-7-15(17)9-16(8-14)19-6-5-13-3-4-13/h7-9,12-13,18H,3-6,10-11H2,1-2H3. The van der Waals surface area contributed by atoms with Crippen LogP contribution in [0.15, 0.2) is 18.2 Å². The Kier molecular flexibility index (Phi) is 5.20. The van der Waals surface area contributed by atoms with E-state index < -0.39 is 0 Å². The highest BCUT2D eigenvalue weighted by Crippen LogP contribution is 2.32. The molecule has 0 atom stereocenters. The minimum absolute atomic E-state index is 0.217. The predicted molar refractivity (Wildman–Crippen MR) is 75.8 cm³/mol. The van der Waals surface area contributed by atoms with Crippen LogP contribution < -0.4 is 10.1 Å². The zero-order valence-corrected chi connectivity index (χ0v) is 11.9. The molecule has 1 N–H and O–H groups in total. The van der Waals surface area contributed by atoms with Gasteiger partial charge in [0.15, 0.2) is 0 Å². The van der Waals surface area contributed by atoms with Crippen molar-refractivity contribution in [2.45, 2.75) is 39.7 Å². The van der Waals surface area contributed by atoms with Crippen molar-refractivity contribution in [1.29, 1.82) is 0 Å². The number of halogens is 1. The van der Waals surface area contributed by atoms with Crippen LogP contribution in [0.3, 0.4) is 0 Å². The molecule has 0 unspecified atom stereocenters. The van der Waals surface area contributed by atoms with E-state index in [4.69, 9.17) is 4.74 Å². The lowest BCUT2D eigenvalue weighted by Crippen LogP contribution is -2.19. The van der Waals surface area contributed by atoms with Crippen LogP contribution in [-0.2, 0) is 6.54 Å². The van der Waals surface area contributed by atoms with Crippen molar-refractivity contribution >= 4 is 0 Å². The second-order valence-corrected chi connectivity index (χ2v) is 5.90. The van der Waals surface area contributed by atoms with E-state index in [1.165, 1.54) is 18.9 Å². The molecule has 0 bridgehead atoms. The van der Waals surface area contributed by atoms with Gasteiger partial charge in [-0.3, -0.25) is 0 Å². The van der Waals surface area contributed by atoms with Gasteiger partial charge in [0.05, 0.1) is 6.61 Å². The Bertz CT molecular complexity index is 375. The molecule has 0 aromatic heterocycles. The first-order valence-corrected chi connectivity index (χ1v) is 7.26. The first-order chi connectivity index (χ1) is 9.13. The summed E-state index contributed by atoms with van der Waals surface area (Å²) in [5, 5.41) is 3.32. The second-order valence-electron chi connectivity index (χ2n) is 5.90. The Labute approximate surface area is 115 Å². The van der Waals surface area contributed by atoms with Crippen molar-refractivity contribution in [1.82, 2.24) is 5.32 Å². The van der Waals surface area contributed by atoms with Crippen LogP contribution in [0, 0.1) is 17.7 Å². The quantitative estimate of drug-likeness (QED) is 0.773. The van der Waals surface area contributed by atoms with Gasteiger partial charge in [0.25, 0.3) is 0 Å². The van der Waals surface area contributed by atoms with Crippen LogP contribution in [0.4, 0.5) is 4.39 Å². The summed E-state index contributed by atoms with van der Waals surface area (Å²) >= 11 is 0. The molecule has 1 aliphatic rings. The summed E-state index contributed by atoms with van der Waals surface area (Å²) in [5.41, 5.74) is 0.946. The molecule has 0 radical (unpaired) electrons. The topological polar surface area (TPSA) is 21.3 Å². The summed E-state index contributed by atoms with van der Waals surface area (Å²) in [6.45, 7) is 6.65. The van der Waals surface area contributed by atoms with Gasteiger partial charge in [0.1, 0.15) is 11.6 Å². The monoisotopic (exact) mass is 265 g/mol. The van der Waals surface area contributed by atoms with Crippen molar-refractivity contribution in [2.24, 2.45) is 11.8 Å². The second kappa shape index (κ2) is 6.90. The minimum Gasteiger partial charge on any atom is -0.493 e. The van der Waals surface area contributed by atoms with Crippen molar-refractivity contribution in [3.05, 3.63) is 29.6 Å². The molecule has 1 fully saturated rings. The van der Waals surface area contributed by atoms with Crippen molar-refractivity contribution < 1.29 is 9.13 Å². The van der Waals surface area contributed by atoms with Gasteiger partial charge in [-0.15, -0.1) is 0 Å². The summed E-state index contributed by atoms with van der Waals surface area (Å²) in [4.78, 5) is 0. The molecule has 1 aliphatic carbocycles. The Hall–Kier alpha value is -1.09. The van der Waals surface area contributed by atoms with Gasteiger partial charge in [0, 0.05) is 12.6 Å². The maximum absolute atomic E-state index is 13.5. The van der Waals surface area contributed by atoms with E-state index in [0.29, 0.717) is 24.8 Å². The number of ether oxygens (including phenoxy) is 1. The molecule has 0 heterocycles. The zero-order chi connectivity index (χ0) is 13.7. The van der Waals surface area contributed by atoms with E-state index in [9.17, 15) is 4.39 Å². The molecule has 0 saturated heterocycles. The van der Waals surface area contributed by atoms with Crippen LogP contribution in [0.5, 0.6) is 5.75 Å². The highest BCUT2D eigenvalue weighted by atomic mass is 19.1. The molecule has 0 amide bonds. The number of hydrogen-bond donors (Lipinski definition) is 1. The number of nitrogens with one attached hydrogen (secondary N) is 1. The van der Waals surface area contributed by atoms with Gasteiger partial charge in [0.2, 0.25) is 0 Å². The SMILES string of the molecule is CC(C)CNCc1cc(F)cc(OCCC2CC2)c1. The van der Waals surface area contributed by atoms with Crippen molar-refractivity contribution in [2.75, 3.05) is 13.2 Å². The number of hydrogen-bond acceptors (Lipinski definition) is 2. The Morgan fingerprint density at radius 3 is 2.79 bits per heavy atom. The summed E-state index contributed by atoms with van der Waals surface area (Å²) in [6, 6.07) is 4.98. The van der Waals surface area contributed by atoms with E-state index in [-0.39, 0.29) is 5.82 Å². The average molecular weight is 265 g/mol. The van der Waals surface area contributed by atoms with Gasteiger partial charge in [-0.25, -0.2) is 4.39 Å². The zero-order valence-electron chi connectivity index (χ0n) is 11.9. The highest BCUT2D eigenvalue weighted by Gasteiger charge is 2.20. The predicted octanol–water partition coefficient (Wildman–Crippen LogP) is 3.75. The third-order valence-corrected chi connectivity index (χ3v) is 3.30. The van der Waals surface area contributed by atoms with Crippen LogP contribution in [-0.4, -0.2) is 13.2 Å². The Balaban J connectivity index is 1.82. The molecule has 0 aliphatic heterocycles. The lowest BCUT2D eigenvalue weighted by Gasteiger charge is -2.10. The average Bonchev–Trinajstić information content (AvgIpc) is 3.12. The van der Waals surface area contributed by atoms with Crippen molar-refractivity contribution in [3.63, 3.8) is 0 Å². The normalized spacial score (nSPS) is 14.9. The van der Waals surface area contributed by atoms with Gasteiger partial charge in [-0.2, -0.15) is 0 Å². The fraction of sp³-hybridized carbons (Fsp3) is 0.625. The van der Waals surface area contributed by atoms with E-state index in [1.807, 2.05) is 6.07 Å². The first-order valence-electron chi connectivity index (χ1n) is 7.26. The van der Waals surface area contributed by atoms with Gasteiger partial charge in [-0.05, 0) is 42.5 Å². The van der Waals surface area contributed by atoms with Crippen LogP contribution in [0.1, 0.15) is 38.7 Å². The maximum atomic E-state index is 13.5. The summed E-state index contributed by atoms with van der Waals surface area (Å²) < 4.78 is 19.1. The number of benzene rings is 1. The minimum atomic E-state index is -0.217. The molecule has 1 saturated carbocycles. The summed E-state index contributed by atoms with van der Waals surface area (Å²) in [7, 11) is 0. The van der Waals surface area contributed by atoms with E-state index in [1.54, 1.807) is 6.07 Å². The molecule has 106 valence electrons. The van der Waals surface area contributed by atoms with E-state index in [2.05, 4.69) is 19.2 Å². The van der Waals surface area contributed by atoms with Gasteiger partial charge in [-0.1, -0.05) is 26.7 Å². The highest BCUT2D eigenvalue weighted by molar-refractivity contribution is 5.29. The Morgan fingerprint density at radius 1 is 1.32 bits per heavy atom. The lowest BCUT2D eigenvalue weighted by atomic mass is 10.2. The van der Waals surface area contributed by atoms with Crippen LogP contribution in [0.25, 0.3) is 0 Å². The molecule has 3 heteroatoms. The lowest BCUT2D eigenvalue weighted by molar-refractivity contribution is 0.300. The van der Waals surface area contributed by atoms with Crippen LogP contribution in [0.2, 0.25) is 0 Å². The maximum Gasteiger partial charge on any atom is 0.127 e. The smallest absolute Gasteiger partial charge is 0.127 e. The molecule has 19 heavy (non-hydrogen) atoms. The fourth-order valence-corrected chi connectivity index (χ4v) is 2.06. The molecule has 0 spiro atoms. The van der Waals surface area contributed by atoms with Crippen molar-refractivity contribution in [3.8, 4) is 5.75 Å². The summed E-state index contributed by atoms with van der Waals surface area (Å²) in [5.74, 6) is 1.89. The third-order valence-electron chi connectivity index (χ3n) is 3.30. The van der Waals surface area contributed by atoms with E-state index in [0.717, 1.165) is 24.4 Å². The Morgan fingerprint density at radius 2 is 2.11 bits per heavy atom. The molecule has 2 rings (SSSR count). The first kappa shape index (κ1) is 14.3. The van der Waals surface area contributed by atoms with E-state index >= 15 is 0 Å². The molecular weight excluding hydrogens is 241 g/mol. The molecular formula is C16H24FNO. The van der Waals surface area contributed by atoms with Gasteiger partial charge < -0.3 is 10.1 Å². The molecule has 2 nitrogen and oxygen atoms in total.